The molecule has 0 amide bonds. The SMILES string of the molecule is CC1(CCO)OCCCC1O. The summed E-state index contributed by atoms with van der Waals surface area (Å²) in [5.74, 6) is 0. The van der Waals surface area contributed by atoms with E-state index in [1.165, 1.54) is 0 Å². The first-order valence-electron chi connectivity index (χ1n) is 4.12. The standard InChI is InChI=1S/C8H16O3/c1-8(4-5-9)7(10)3-2-6-11-8/h7,9-10H,2-6H2,1H3. The van der Waals surface area contributed by atoms with Crippen LogP contribution in [0.4, 0.5) is 0 Å². The molecule has 0 aromatic rings. The quantitative estimate of drug-likeness (QED) is 0.610. The predicted octanol–water partition coefficient (Wildman–Crippen LogP) is 0.299. The van der Waals surface area contributed by atoms with Gasteiger partial charge in [0.25, 0.3) is 0 Å². The number of aliphatic hydroxyl groups excluding tert-OH is 2. The molecule has 1 aliphatic rings. The third-order valence-electron chi connectivity index (χ3n) is 2.37. The maximum absolute atomic E-state index is 9.52. The Morgan fingerprint density at radius 3 is 2.91 bits per heavy atom. The van der Waals surface area contributed by atoms with E-state index in [9.17, 15) is 5.11 Å². The van der Waals surface area contributed by atoms with Gasteiger partial charge < -0.3 is 14.9 Å². The van der Waals surface area contributed by atoms with Crippen LogP contribution in [0.5, 0.6) is 0 Å². The molecule has 2 N–H and O–H groups in total. The molecule has 3 nitrogen and oxygen atoms in total. The summed E-state index contributed by atoms with van der Waals surface area (Å²) in [6, 6.07) is 0. The van der Waals surface area contributed by atoms with Gasteiger partial charge in [0.1, 0.15) is 0 Å². The molecule has 1 fully saturated rings. The van der Waals surface area contributed by atoms with Crippen LogP contribution in [0, 0.1) is 0 Å². The van der Waals surface area contributed by atoms with Gasteiger partial charge in [-0.3, -0.25) is 0 Å². The normalized spacial score (nSPS) is 39.0. The molecular weight excluding hydrogens is 144 g/mol. The summed E-state index contributed by atoms with van der Waals surface area (Å²) in [6.45, 7) is 2.63. The van der Waals surface area contributed by atoms with Crippen LogP contribution < -0.4 is 0 Å². The first-order valence-corrected chi connectivity index (χ1v) is 4.12. The highest BCUT2D eigenvalue weighted by molar-refractivity contribution is 4.86. The lowest BCUT2D eigenvalue weighted by Gasteiger charge is -2.38. The number of rotatable bonds is 2. The van der Waals surface area contributed by atoms with Crippen molar-refractivity contribution < 1.29 is 14.9 Å². The fourth-order valence-electron chi connectivity index (χ4n) is 1.44. The highest BCUT2D eigenvalue weighted by Gasteiger charge is 2.35. The average Bonchev–Trinajstić information content (AvgIpc) is 1.96. The minimum Gasteiger partial charge on any atom is -0.396 e. The van der Waals surface area contributed by atoms with Gasteiger partial charge in [-0.05, 0) is 19.8 Å². The van der Waals surface area contributed by atoms with Crippen LogP contribution >= 0.6 is 0 Å². The summed E-state index contributed by atoms with van der Waals surface area (Å²) in [7, 11) is 0. The van der Waals surface area contributed by atoms with E-state index in [1.807, 2.05) is 6.92 Å². The van der Waals surface area contributed by atoms with Crippen LogP contribution in [-0.4, -0.2) is 35.1 Å². The minimum atomic E-state index is -0.507. The highest BCUT2D eigenvalue weighted by atomic mass is 16.5. The van der Waals surface area contributed by atoms with Gasteiger partial charge in [0, 0.05) is 19.6 Å². The van der Waals surface area contributed by atoms with Crippen LogP contribution in [0.2, 0.25) is 0 Å². The minimum absolute atomic E-state index is 0.0769. The second-order valence-electron chi connectivity index (χ2n) is 3.29. The summed E-state index contributed by atoms with van der Waals surface area (Å²) in [5.41, 5.74) is -0.507. The van der Waals surface area contributed by atoms with E-state index in [0.717, 1.165) is 12.8 Å². The van der Waals surface area contributed by atoms with Crippen molar-refractivity contribution in [1.29, 1.82) is 0 Å². The lowest BCUT2D eigenvalue weighted by molar-refractivity contribution is -0.151. The largest absolute Gasteiger partial charge is 0.396 e. The van der Waals surface area contributed by atoms with Crippen LogP contribution in [0.1, 0.15) is 26.2 Å². The zero-order valence-corrected chi connectivity index (χ0v) is 6.92. The van der Waals surface area contributed by atoms with Gasteiger partial charge in [-0.1, -0.05) is 0 Å². The van der Waals surface area contributed by atoms with Crippen molar-refractivity contribution in [3.05, 3.63) is 0 Å². The molecule has 1 saturated heterocycles. The fraction of sp³-hybridized carbons (Fsp3) is 1.00. The third-order valence-corrected chi connectivity index (χ3v) is 2.37. The molecule has 0 aliphatic carbocycles. The molecule has 11 heavy (non-hydrogen) atoms. The number of aliphatic hydroxyl groups is 2. The zero-order chi connectivity index (χ0) is 8.32. The molecule has 0 spiro atoms. The van der Waals surface area contributed by atoms with Gasteiger partial charge in [0.2, 0.25) is 0 Å². The first kappa shape index (κ1) is 8.97. The third kappa shape index (κ3) is 1.92. The summed E-state index contributed by atoms with van der Waals surface area (Å²) >= 11 is 0. The topological polar surface area (TPSA) is 49.7 Å². The summed E-state index contributed by atoms with van der Waals surface area (Å²) in [5, 5.41) is 18.2. The summed E-state index contributed by atoms with van der Waals surface area (Å²) < 4.78 is 5.41. The molecule has 0 bridgehead atoms. The van der Waals surface area contributed by atoms with Crippen LogP contribution in [-0.2, 0) is 4.74 Å². The Balaban J connectivity index is 2.49. The molecule has 0 aromatic heterocycles. The van der Waals surface area contributed by atoms with E-state index in [0.29, 0.717) is 13.0 Å². The maximum atomic E-state index is 9.52. The molecule has 3 heteroatoms. The molecule has 2 unspecified atom stereocenters. The Morgan fingerprint density at radius 2 is 2.36 bits per heavy atom. The molecule has 1 rings (SSSR count). The molecule has 0 radical (unpaired) electrons. The van der Waals surface area contributed by atoms with E-state index in [1.54, 1.807) is 0 Å². The molecule has 2 atom stereocenters. The van der Waals surface area contributed by atoms with Crippen molar-refractivity contribution in [2.75, 3.05) is 13.2 Å². The smallest absolute Gasteiger partial charge is 0.0933 e. The Morgan fingerprint density at radius 1 is 1.64 bits per heavy atom. The first-order chi connectivity index (χ1) is 5.19. The molecule has 1 heterocycles. The average molecular weight is 160 g/mol. The van der Waals surface area contributed by atoms with Crippen molar-refractivity contribution in [1.82, 2.24) is 0 Å². The van der Waals surface area contributed by atoms with E-state index in [2.05, 4.69) is 0 Å². The van der Waals surface area contributed by atoms with Crippen LogP contribution in [0.3, 0.4) is 0 Å². The van der Waals surface area contributed by atoms with Crippen molar-refractivity contribution >= 4 is 0 Å². The number of hydrogen-bond acceptors (Lipinski definition) is 3. The van der Waals surface area contributed by atoms with E-state index in [-0.39, 0.29) is 6.61 Å². The molecular formula is C8H16O3. The van der Waals surface area contributed by atoms with Gasteiger partial charge in [0.15, 0.2) is 0 Å². The second-order valence-corrected chi connectivity index (χ2v) is 3.29. The Labute approximate surface area is 67.0 Å². The molecule has 1 aliphatic heterocycles. The monoisotopic (exact) mass is 160 g/mol. The Kier molecular flexibility index (Phi) is 2.87. The highest BCUT2D eigenvalue weighted by Crippen LogP contribution is 2.27. The Bertz CT molecular complexity index is 123. The van der Waals surface area contributed by atoms with Crippen molar-refractivity contribution in [3.63, 3.8) is 0 Å². The number of hydrogen-bond donors (Lipinski definition) is 2. The van der Waals surface area contributed by atoms with Gasteiger partial charge in [-0.25, -0.2) is 0 Å². The van der Waals surface area contributed by atoms with Crippen LogP contribution in [0.15, 0.2) is 0 Å². The van der Waals surface area contributed by atoms with Crippen molar-refractivity contribution in [2.45, 2.75) is 37.9 Å². The molecule has 0 aromatic carbocycles. The summed E-state index contributed by atoms with van der Waals surface area (Å²) in [6.07, 6.45) is 1.82. The lowest BCUT2D eigenvalue weighted by atomic mass is 9.90. The van der Waals surface area contributed by atoms with Gasteiger partial charge in [-0.15, -0.1) is 0 Å². The molecule has 0 saturated carbocycles. The summed E-state index contributed by atoms with van der Waals surface area (Å²) in [4.78, 5) is 0. The van der Waals surface area contributed by atoms with Gasteiger partial charge in [0.05, 0.1) is 11.7 Å². The maximum Gasteiger partial charge on any atom is 0.0933 e. The van der Waals surface area contributed by atoms with Gasteiger partial charge in [-0.2, -0.15) is 0 Å². The Hall–Kier alpha value is -0.120. The molecule has 66 valence electrons. The predicted molar refractivity (Wildman–Crippen MR) is 41.3 cm³/mol. The zero-order valence-electron chi connectivity index (χ0n) is 6.92. The lowest BCUT2D eigenvalue weighted by Crippen LogP contribution is -2.46. The van der Waals surface area contributed by atoms with Crippen molar-refractivity contribution in [3.8, 4) is 0 Å². The van der Waals surface area contributed by atoms with Crippen molar-refractivity contribution in [2.24, 2.45) is 0 Å². The second kappa shape index (κ2) is 3.52. The number of ether oxygens (including phenoxy) is 1. The van der Waals surface area contributed by atoms with E-state index >= 15 is 0 Å². The van der Waals surface area contributed by atoms with E-state index in [4.69, 9.17) is 9.84 Å². The van der Waals surface area contributed by atoms with Crippen LogP contribution in [0.25, 0.3) is 0 Å². The van der Waals surface area contributed by atoms with Gasteiger partial charge >= 0.3 is 0 Å². The van der Waals surface area contributed by atoms with E-state index < -0.39 is 11.7 Å². The fourth-order valence-corrected chi connectivity index (χ4v) is 1.44.